The van der Waals surface area contributed by atoms with Crippen LogP contribution in [-0.4, -0.2) is 19.6 Å². The molecule has 0 aromatic carbocycles. The SMILES string of the molecule is O=c1c2c(nc3nc(-c4ccco4)[nH]n13)CCC2. The van der Waals surface area contributed by atoms with Crippen molar-refractivity contribution in [3.05, 3.63) is 40.0 Å². The molecule has 4 rings (SSSR count). The molecule has 0 saturated carbocycles. The van der Waals surface area contributed by atoms with E-state index in [9.17, 15) is 4.79 Å². The number of aromatic nitrogens is 4. The van der Waals surface area contributed by atoms with Crippen LogP contribution in [0.25, 0.3) is 17.4 Å². The highest BCUT2D eigenvalue weighted by atomic mass is 16.3. The van der Waals surface area contributed by atoms with Crippen LogP contribution in [0, 0.1) is 0 Å². The third kappa shape index (κ3) is 1.20. The van der Waals surface area contributed by atoms with Gasteiger partial charge in [0.15, 0.2) is 11.6 Å². The van der Waals surface area contributed by atoms with Crippen LogP contribution >= 0.6 is 0 Å². The molecule has 1 aliphatic carbocycles. The Hall–Kier alpha value is -2.37. The van der Waals surface area contributed by atoms with Gasteiger partial charge in [-0.3, -0.25) is 9.89 Å². The first kappa shape index (κ1) is 9.64. The van der Waals surface area contributed by atoms with Crippen LogP contribution in [0.1, 0.15) is 17.7 Å². The Labute approximate surface area is 101 Å². The predicted molar refractivity (Wildman–Crippen MR) is 63.3 cm³/mol. The van der Waals surface area contributed by atoms with Gasteiger partial charge in [-0.15, -0.1) is 0 Å². The van der Waals surface area contributed by atoms with Gasteiger partial charge in [-0.05, 0) is 31.4 Å². The molecule has 1 N–H and O–H groups in total. The number of furan rings is 1. The number of rotatable bonds is 1. The van der Waals surface area contributed by atoms with E-state index in [1.807, 2.05) is 0 Å². The van der Waals surface area contributed by atoms with Crippen molar-refractivity contribution in [2.75, 3.05) is 0 Å². The van der Waals surface area contributed by atoms with Gasteiger partial charge in [-0.2, -0.15) is 9.50 Å². The van der Waals surface area contributed by atoms with Gasteiger partial charge in [-0.1, -0.05) is 0 Å². The molecule has 18 heavy (non-hydrogen) atoms. The van der Waals surface area contributed by atoms with E-state index in [-0.39, 0.29) is 5.56 Å². The summed E-state index contributed by atoms with van der Waals surface area (Å²) >= 11 is 0. The molecule has 0 unspecified atom stereocenters. The molecule has 90 valence electrons. The summed E-state index contributed by atoms with van der Waals surface area (Å²) in [4.78, 5) is 20.9. The summed E-state index contributed by atoms with van der Waals surface area (Å²) in [5, 5.41) is 2.93. The van der Waals surface area contributed by atoms with Crippen LogP contribution in [0.15, 0.2) is 27.6 Å². The van der Waals surface area contributed by atoms with E-state index in [4.69, 9.17) is 4.42 Å². The molecule has 0 amide bonds. The average Bonchev–Trinajstić information content (AvgIpc) is 3.08. The Morgan fingerprint density at radius 2 is 2.28 bits per heavy atom. The van der Waals surface area contributed by atoms with Crippen LogP contribution in [0.4, 0.5) is 0 Å². The summed E-state index contributed by atoms with van der Waals surface area (Å²) in [5.41, 5.74) is 1.65. The van der Waals surface area contributed by atoms with Crippen LogP contribution in [0.2, 0.25) is 0 Å². The molecule has 0 spiro atoms. The van der Waals surface area contributed by atoms with Crippen molar-refractivity contribution in [2.45, 2.75) is 19.3 Å². The van der Waals surface area contributed by atoms with E-state index in [0.717, 1.165) is 30.5 Å². The van der Waals surface area contributed by atoms with E-state index < -0.39 is 0 Å². The normalized spacial score (nSPS) is 14.2. The molecule has 0 radical (unpaired) electrons. The average molecular weight is 242 g/mol. The van der Waals surface area contributed by atoms with Crippen molar-refractivity contribution in [3.63, 3.8) is 0 Å². The smallest absolute Gasteiger partial charge is 0.277 e. The fourth-order valence-corrected chi connectivity index (χ4v) is 2.41. The lowest BCUT2D eigenvalue weighted by atomic mass is 10.3. The maximum absolute atomic E-state index is 12.2. The van der Waals surface area contributed by atoms with E-state index in [1.54, 1.807) is 18.4 Å². The van der Waals surface area contributed by atoms with Crippen molar-refractivity contribution >= 4 is 5.78 Å². The molecule has 3 aromatic rings. The van der Waals surface area contributed by atoms with Crippen molar-refractivity contribution in [1.29, 1.82) is 0 Å². The Morgan fingerprint density at radius 1 is 1.33 bits per heavy atom. The molecule has 0 aliphatic heterocycles. The van der Waals surface area contributed by atoms with Crippen LogP contribution in [0.3, 0.4) is 0 Å². The number of nitrogens with one attached hydrogen (secondary N) is 1. The molecule has 0 saturated heterocycles. The van der Waals surface area contributed by atoms with Crippen LogP contribution < -0.4 is 5.56 Å². The van der Waals surface area contributed by atoms with E-state index in [1.165, 1.54) is 4.52 Å². The number of aromatic amines is 1. The summed E-state index contributed by atoms with van der Waals surface area (Å²) < 4.78 is 6.64. The zero-order valence-electron chi connectivity index (χ0n) is 9.51. The lowest BCUT2D eigenvalue weighted by molar-refractivity contribution is 0.577. The quantitative estimate of drug-likeness (QED) is 0.694. The topological polar surface area (TPSA) is 76.2 Å². The van der Waals surface area contributed by atoms with E-state index in [2.05, 4.69) is 15.1 Å². The van der Waals surface area contributed by atoms with Crippen LogP contribution in [0.5, 0.6) is 0 Å². The molecule has 3 aromatic heterocycles. The van der Waals surface area contributed by atoms with Gasteiger partial charge >= 0.3 is 0 Å². The Balaban J connectivity index is 2.02. The van der Waals surface area contributed by atoms with Crippen molar-refractivity contribution in [2.24, 2.45) is 0 Å². The van der Waals surface area contributed by atoms with Gasteiger partial charge in [0.1, 0.15) is 0 Å². The fourth-order valence-electron chi connectivity index (χ4n) is 2.41. The lowest BCUT2D eigenvalue weighted by Crippen LogP contribution is -2.20. The molecule has 0 bridgehead atoms. The zero-order valence-corrected chi connectivity index (χ0v) is 9.51. The second-order valence-corrected chi connectivity index (χ2v) is 4.38. The minimum Gasteiger partial charge on any atom is -0.461 e. The number of H-pyrrole nitrogens is 1. The van der Waals surface area contributed by atoms with Gasteiger partial charge < -0.3 is 4.42 Å². The fraction of sp³-hybridized carbons (Fsp3) is 0.250. The van der Waals surface area contributed by atoms with Gasteiger partial charge in [0.05, 0.1) is 12.0 Å². The molecule has 1 aliphatic rings. The molecule has 0 atom stereocenters. The summed E-state index contributed by atoms with van der Waals surface area (Å²) in [6.07, 6.45) is 4.23. The highest BCUT2D eigenvalue weighted by molar-refractivity contribution is 5.50. The Morgan fingerprint density at radius 3 is 3.11 bits per heavy atom. The predicted octanol–water partition coefficient (Wildman–Crippen LogP) is 1.17. The lowest BCUT2D eigenvalue weighted by Gasteiger charge is -1.96. The highest BCUT2D eigenvalue weighted by Gasteiger charge is 2.20. The first-order chi connectivity index (χ1) is 8.83. The first-order valence-corrected chi connectivity index (χ1v) is 5.87. The number of hydrogen-bond acceptors (Lipinski definition) is 4. The van der Waals surface area contributed by atoms with Gasteiger partial charge in [0.25, 0.3) is 11.3 Å². The Bertz CT molecular complexity index is 782. The molecule has 3 heterocycles. The zero-order chi connectivity index (χ0) is 12.1. The summed E-state index contributed by atoms with van der Waals surface area (Å²) in [7, 11) is 0. The van der Waals surface area contributed by atoms with Crippen LogP contribution in [-0.2, 0) is 12.8 Å². The second-order valence-electron chi connectivity index (χ2n) is 4.38. The van der Waals surface area contributed by atoms with Gasteiger partial charge in [-0.25, -0.2) is 4.98 Å². The third-order valence-corrected chi connectivity index (χ3v) is 3.27. The molecule has 6 nitrogen and oxygen atoms in total. The van der Waals surface area contributed by atoms with Crippen molar-refractivity contribution in [3.8, 4) is 11.6 Å². The summed E-state index contributed by atoms with van der Waals surface area (Å²) in [6, 6.07) is 3.56. The molecular formula is C12H10N4O2. The van der Waals surface area contributed by atoms with Crippen molar-refractivity contribution < 1.29 is 4.42 Å². The molecular weight excluding hydrogens is 232 g/mol. The monoisotopic (exact) mass is 242 g/mol. The minimum atomic E-state index is -0.0437. The minimum absolute atomic E-state index is 0.0437. The van der Waals surface area contributed by atoms with Crippen molar-refractivity contribution in [1.82, 2.24) is 19.6 Å². The van der Waals surface area contributed by atoms with E-state index >= 15 is 0 Å². The third-order valence-electron chi connectivity index (χ3n) is 3.27. The van der Waals surface area contributed by atoms with E-state index in [0.29, 0.717) is 17.4 Å². The second kappa shape index (κ2) is 3.32. The molecule has 0 fully saturated rings. The first-order valence-electron chi connectivity index (χ1n) is 5.87. The standard InChI is InChI=1S/C12H10N4O2/c17-11-7-3-1-4-8(7)13-12-14-10(15-16(11)12)9-5-2-6-18-9/h2,5-6H,1,3-4H2,(H,13,14,15). The maximum Gasteiger partial charge on any atom is 0.277 e. The van der Waals surface area contributed by atoms with Gasteiger partial charge in [0.2, 0.25) is 0 Å². The number of hydrogen-bond donors (Lipinski definition) is 1. The maximum atomic E-state index is 12.2. The number of fused-ring (bicyclic) bond motifs is 2. The molecule has 6 heteroatoms. The largest absolute Gasteiger partial charge is 0.461 e. The number of nitrogens with zero attached hydrogens (tertiary/aromatic N) is 3. The Kier molecular flexibility index (Phi) is 1.78. The summed E-state index contributed by atoms with van der Waals surface area (Å²) in [6.45, 7) is 0. The van der Waals surface area contributed by atoms with Gasteiger partial charge in [0, 0.05) is 5.56 Å². The number of aryl methyl sites for hydroxylation is 1. The summed E-state index contributed by atoms with van der Waals surface area (Å²) in [5.74, 6) is 1.53. The highest BCUT2D eigenvalue weighted by Crippen LogP contribution is 2.19.